The largest absolute Gasteiger partial charge is 0.478 e. The van der Waals surface area contributed by atoms with Gasteiger partial charge in [-0.2, -0.15) is 0 Å². The average molecular weight is 365 g/mol. The van der Waals surface area contributed by atoms with Gasteiger partial charge in [-0.3, -0.25) is 0 Å². The lowest BCUT2D eigenvalue weighted by Crippen LogP contribution is -2.06. The third-order valence-electron chi connectivity index (χ3n) is 5.75. The highest BCUT2D eigenvalue weighted by Crippen LogP contribution is 2.31. The first kappa shape index (κ1) is 20.5. The predicted octanol–water partition coefficient (Wildman–Crippen LogP) is 7.25. The fraction of sp³-hybridized carbons (Fsp3) is 0.773. The van der Waals surface area contributed by atoms with Gasteiger partial charge in [0.25, 0.3) is 0 Å². The molecule has 0 aromatic carbocycles. The van der Waals surface area contributed by atoms with E-state index in [4.69, 9.17) is 0 Å². The molecule has 3 heteroatoms. The number of hydrogen-bond donors (Lipinski definition) is 1. The van der Waals surface area contributed by atoms with E-state index in [-0.39, 0.29) is 0 Å². The zero-order valence-electron chi connectivity index (χ0n) is 16.0. The molecule has 1 heterocycles. The predicted molar refractivity (Wildman–Crippen MR) is 108 cm³/mol. The minimum Gasteiger partial charge on any atom is -0.478 e. The lowest BCUT2D eigenvalue weighted by Gasteiger charge is -2.17. The van der Waals surface area contributed by atoms with Crippen LogP contribution in [0.15, 0.2) is 5.38 Å². The molecule has 0 saturated carbocycles. The van der Waals surface area contributed by atoms with Gasteiger partial charge in [0.15, 0.2) is 0 Å². The van der Waals surface area contributed by atoms with E-state index in [0.29, 0.717) is 5.56 Å². The van der Waals surface area contributed by atoms with Gasteiger partial charge in [0.2, 0.25) is 0 Å². The fourth-order valence-electron chi connectivity index (χ4n) is 4.15. The summed E-state index contributed by atoms with van der Waals surface area (Å²) >= 11 is 1.68. The van der Waals surface area contributed by atoms with Gasteiger partial charge in [-0.15, -0.1) is 11.3 Å². The summed E-state index contributed by atoms with van der Waals surface area (Å²) < 4.78 is 0. The Morgan fingerprint density at radius 3 is 2.60 bits per heavy atom. The highest BCUT2D eigenvalue weighted by molar-refractivity contribution is 7.10. The number of unbranched alkanes of at least 4 members (excludes halogenated alkanes) is 5. The van der Waals surface area contributed by atoms with Gasteiger partial charge >= 0.3 is 5.97 Å². The molecule has 2 nitrogen and oxygen atoms in total. The molecule has 0 radical (unpaired) electrons. The number of carboxylic acid groups (broad SMARTS) is 1. The van der Waals surface area contributed by atoms with E-state index in [0.717, 1.165) is 24.3 Å². The molecule has 1 N–H and O–H groups in total. The smallest absolute Gasteiger partial charge is 0.336 e. The Labute approximate surface area is 158 Å². The molecule has 2 rings (SSSR count). The molecule has 142 valence electrons. The van der Waals surface area contributed by atoms with Gasteiger partial charge in [-0.05, 0) is 37.2 Å². The molecule has 1 aromatic rings. The topological polar surface area (TPSA) is 37.3 Å². The first-order valence-electron chi connectivity index (χ1n) is 10.5. The van der Waals surface area contributed by atoms with Crippen LogP contribution in [-0.4, -0.2) is 11.1 Å². The van der Waals surface area contributed by atoms with E-state index in [2.05, 4.69) is 6.92 Å². The minimum absolute atomic E-state index is 0.581. The Morgan fingerprint density at radius 2 is 1.80 bits per heavy atom. The number of fused-ring (bicyclic) bond motifs is 1. The molecule has 0 amide bonds. The normalized spacial score (nSPS) is 19.2. The molecule has 1 aromatic heterocycles. The third-order valence-corrected chi connectivity index (χ3v) is 6.83. The second kappa shape index (κ2) is 11.7. The zero-order valence-corrected chi connectivity index (χ0v) is 16.8. The van der Waals surface area contributed by atoms with Crippen molar-refractivity contribution in [2.75, 3.05) is 0 Å². The van der Waals surface area contributed by atoms with Gasteiger partial charge in [-0.25, -0.2) is 4.79 Å². The second-order valence-corrected chi connectivity index (χ2v) is 8.73. The molecule has 0 aliphatic heterocycles. The molecule has 25 heavy (non-hydrogen) atoms. The van der Waals surface area contributed by atoms with Gasteiger partial charge < -0.3 is 5.11 Å². The van der Waals surface area contributed by atoms with Crippen LogP contribution in [0.25, 0.3) is 0 Å². The van der Waals surface area contributed by atoms with E-state index >= 15 is 0 Å². The zero-order chi connectivity index (χ0) is 17.9. The Morgan fingerprint density at radius 1 is 1.04 bits per heavy atom. The van der Waals surface area contributed by atoms with Crippen molar-refractivity contribution in [1.82, 2.24) is 0 Å². The summed E-state index contributed by atoms with van der Waals surface area (Å²) in [6, 6.07) is 0. The number of carbonyl (C=O) groups is 1. The van der Waals surface area contributed by atoms with Crippen molar-refractivity contribution in [1.29, 1.82) is 0 Å². The van der Waals surface area contributed by atoms with Crippen molar-refractivity contribution in [2.24, 2.45) is 5.92 Å². The summed E-state index contributed by atoms with van der Waals surface area (Å²) in [6.07, 6.45) is 19.3. The van der Waals surface area contributed by atoms with Gasteiger partial charge in [-0.1, -0.05) is 77.6 Å². The van der Waals surface area contributed by atoms with Crippen molar-refractivity contribution in [3.05, 3.63) is 21.4 Å². The van der Waals surface area contributed by atoms with Crippen LogP contribution in [0.5, 0.6) is 0 Å². The SMILES string of the molecule is CCCCCCCC[C@@H]1CCCCCCc2scc(C(=O)O)c2CC1. The standard InChI is InChI=1S/C22H36O2S/c1-2-3-4-5-6-9-12-18-13-10-7-8-11-14-21-19(16-15-18)20(17-25-21)22(23)24/h17-18H,2-16H2,1H3,(H,23,24)/t18-/m1/s1. The molecule has 1 aliphatic rings. The Hall–Kier alpha value is -0.830. The Kier molecular flexibility index (Phi) is 9.60. The molecule has 0 bridgehead atoms. The van der Waals surface area contributed by atoms with Crippen molar-refractivity contribution in [3.8, 4) is 0 Å². The number of aromatic carboxylic acids is 1. The molecule has 1 atom stereocenters. The van der Waals surface area contributed by atoms with Crippen molar-refractivity contribution >= 4 is 17.3 Å². The summed E-state index contributed by atoms with van der Waals surface area (Å²) in [6.45, 7) is 2.27. The molecular formula is C22H36O2S. The van der Waals surface area contributed by atoms with E-state index in [1.165, 1.54) is 88.3 Å². The molecular weight excluding hydrogens is 328 g/mol. The number of rotatable bonds is 8. The third kappa shape index (κ3) is 7.13. The van der Waals surface area contributed by atoms with Crippen molar-refractivity contribution in [3.63, 3.8) is 0 Å². The maximum atomic E-state index is 11.5. The van der Waals surface area contributed by atoms with Crippen molar-refractivity contribution in [2.45, 2.75) is 103 Å². The minimum atomic E-state index is -0.736. The van der Waals surface area contributed by atoms with Gasteiger partial charge in [0.05, 0.1) is 5.56 Å². The summed E-state index contributed by atoms with van der Waals surface area (Å²) in [4.78, 5) is 12.9. The van der Waals surface area contributed by atoms with Crippen LogP contribution in [0, 0.1) is 5.92 Å². The fourth-order valence-corrected chi connectivity index (χ4v) is 5.27. The van der Waals surface area contributed by atoms with E-state index in [1.54, 1.807) is 11.3 Å². The number of hydrogen-bond acceptors (Lipinski definition) is 2. The lowest BCUT2D eigenvalue weighted by atomic mass is 9.89. The van der Waals surface area contributed by atoms with Gasteiger partial charge in [0, 0.05) is 10.3 Å². The maximum Gasteiger partial charge on any atom is 0.336 e. The van der Waals surface area contributed by atoms with Crippen LogP contribution in [0.4, 0.5) is 0 Å². The summed E-state index contributed by atoms with van der Waals surface area (Å²) in [5.74, 6) is 0.0542. The van der Waals surface area contributed by atoms with Crippen LogP contribution >= 0.6 is 11.3 Å². The lowest BCUT2D eigenvalue weighted by molar-refractivity contribution is 0.0696. The highest BCUT2D eigenvalue weighted by atomic mass is 32.1. The van der Waals surface area contributed by atoms with E-state index < -0.39 is 5.97 Å². The number of carboxylic acids is 1. The van der Waals surface area contributed by atoms with Crippen LogP contribution in [0.2, 0.25) is 0 Å². The van der Waals surface area contributed by atoms with Crippen LogP contribution in [0.3, 0.4) is 0 Å². The average Bonchev–Trinajstić information content (AvgIpc) is 2.99. The second-order valence-electron chi connectivity index (χ2n) is 7.77. The maximum absolute atomic E-state index is 11.5. The number of thiophene rings is 1. The summed E-state index contributed by atoms with van der Waals surface area (Å²) in [5.41, 5.74) is 1.74. The molecule has 1 aliphatic carbocycles. The molecule has 0 unspecified atom stereocenters. The Balaban J connectivity index is 1.89. The molecule has 0 fully saturated rings. The quantitative estimate of drug-likeness (QED) is 0.493. The van der Waals surface area contributed by atoms with Gasteiger partial charge in [0.1, 0.15) is 0 Å². The first-order chi connectivity index (χ1) is 12.2. The summed E-state index contributed by atoms with van der Waals surface area (Å²) in [7, 11) is 0. The molecule has 0 spiro atoms. The Bertz CT molecular complexity index is 506. The van der Waals surface area contributed by atoms with E-state index in [9.17, 15) is 9.90 Å². The van der Waals surface area contributed by atoms with E-state index in [1.807, 2.05) is 5.38 Å². The highest BCUT2D eigenvalue weighted by Gasteiger charge is 2.19. The monoisotopic (exact) mass is 364 g/mol. The molecule has 0 saturated heterocycles. The first-order valence-corrected chi connectivity index (χ1v) is 11.4. The van der Waals surface area contributed by atoms with Crippen LogP contribution in [-0.2, 0) is 12.8 Å². The summed E-state index contributed by atoms with van der Waals surface area (Å²) in [5, 5.41) is 11.4. The number of aryl methyl sites for hydroxylation is 1. The van der Waals surface area contributed by atoms with Crippen LogP contribution < -0.4 is 0 Å². The van der Waals surface area contributed by atoms with Crippen LogP contribution in [0.1, 0.15) is 111 Å². The van der Waals surface area contributed by atoms with Crippen molar-refractivity contribution < 1.29 is 9.90 Å².